The molecule has 2 aromatic rings. The van der Waals surface area contributed by atoms with Crippen molar-refractivity contribution in [3.05, 3.63) is 35.9 Å². The van der Waals surface area contributed by atoms with Gasteiger partial charge in [0.2, 0.25) is 5.91 Å². The summed E-state index contributed by atoms with van der Waals surface area (Å²) < 4.78 is 1.69. The van der Waals surface area contributed by atoms with Crippen molar-refractivity contribution < 1.29 is 4.79 Å². The fourth-order valence-corrected chi connectivity index (χ4v) is 4.00. The summed E-state index contributed by atoms with van der Waals surface area (Å²) in [6, 6.07) is 3.76. The SMILES string of the molecule is CSC(CC(=O)N(CC1CC1)c1cn(-c2cccnc2)nc1Cl)C(C)C. The molecule has 0 saturated heterocycles. The fraction of sp³-hybridized carbons (Fsp3) is 0.526. The van der Waals surface area contributed by atoms with Crippen LogP contribution in [0.2, 0.25) is 5.15 Å². The van der Waals surface area contributed by atoms with Gasteiger partial charge >= 0.3 is 0 Å². The molecular weight excluding hydrogens is 368 g/mol. The Balaban J connectivity index is 1.85. The Hall–Kier alpha value is -1.53. The van der Waals surface area contributed by atoms with Crippen LogP contribution in [0, 0.1) is 11.8 Å². The molecule has 2 heterocycles. The van der Waals surface area contributed by atoms with Crippen LogP contribution in [-0.4, -0.2) is 38.7 Å². The summed E-state index contributed by atoms with van der Waals surface area (Å²) in [6.45, 7) is 5.04. The van der Waals surface area contributed by atoms with Crippen molar-refractivity contribution in [3.8, 4) is 5.69 Å². The molecule has 0 bridgehead atoms. The molecule has 7 heteroatoms. The lowest BCUT2D eigenvalue weighted by Gasteiger charge is -2.25. The first-order valence-electron chi connectivity index (χ1n) is 8.98. The molecule has 140 valence electrons. The molecule has 1 unspecified atom stereocenters. The number of thioether (sulfide) groups is 1. The Morgan fingerprint density at radius 2 is 2.23 bits per heavy atom. The number of hydrogen-bond donors (Lipinski definition) is 0. The largest absolute Gasteiger partial charge is 0.308 e. The van der Waals surface area contributed by atoms with Crippen LogP contribution in [0.3, 0.4) is 0 Å². The van der Waals surface area contributed by atoms with Gasteiger partial charge in [-0.3, -0.25) is 9.78 Å². The third-order valence-electron chi connectivity index (χ3n) is 4.71. The summed E-state index contributed by atoms with van der Waals surface area (Å²) in [5, 5.41) is 5.05. The number of rotatable bonds is 8. The maximum atomic E-state index is 13.1. The number of anilines is 1. The summed E-state index contributed by atoms with van der Waals surface area (Å²) in [4.78, 5) is 19.0. The van der Waals surface area contributed by atoms with Crippen molar-refractivity contribution >= 4 is 35.0 Å². The van der Waals surface area contributed by atoms with Crippen molar-refractivity contribution in [1.29, 1.82) is 0 Å². The quantitative estimate of drug-likeness (QED) is 0.666. The number of halogens is 1. The molecule has 1 aliphatic rings. The van der Waals surface area contributed by atoms with Gasteiger partial charge in [-0.05, 0) is 43.1 Å². The number of carbonyl (C=O) groups excluding carboxylic acids is 1. The fourth-order valence-electron chi connectivity index (χ4n) is 2.91. The molecule has 5 nitrogen and oxygen atoms in total. The Morgan fingerprint density at radius 3 is 2.81 bits per heavy atom. The van der Waals surface area contributed by atoms with Crippen LogP contribution >= 0.6 is 23.4 Å². The smallest absolute Gasteiger partial charge is 0.228 e. The van der Waals surface area contributed by atoms with Gasteiger partial charge in [0.05, 0.1) is 18.1 Å². The van der Waals surface area contributed by atoms with Gasteiger partial charge in [-0.2, -0.15) is 16.9 Å². The molecule has 1 amide bonds. The zero-order chi connectivity index (χ0) is 18.7. The van der Waals surface area contributed by atoms with E-state index in [0.717, 1.165) is 12.2 Å². The van der Waals surface area contributed by atoms with Crippen LogP contribution < -0.4 is 4.90 Å². The Morgan fingerprint density at radius 1 is 1.46 bits per heavy atom. The average molecular weight is 393 g/mol. The van der Waals surface area contributed by atoms with Gasteiger partial charge in [0.25, 0.3) is 0 Å². The van der Waals surface area contributed by atoms with E-state index in [1.54, 1.807) is 28.8 Å². The molecule has 0 aromatic carbocycles. The minimum Gasteiger partial charge on any atom is -0.308 e. The van der Waals surface area contributed by atoms with Crippen LogP contribution in [0.1, 0.15) is 33.1 Å². The number of carbonyl (C=O) groups is 1. The van der Waals surface area contributed by atoms with Crippen LogP contribution in [0.4, 0.5) is 5.69 Å². The van der Waals surface area contributed by atoms with E-state index in [4.69, 9.17) is 11.6 Å². The third kappa shape index (κ3) is 4.60. The third-order valence-corrected chi connectivity index (χ3v) is 6.30. The second-order valence-corrected chi connectivity index (χ2v) is 8.57. The van der Waals surface area contributed by atoms with E-state index in [1.807, 2.05) is 23.2 Å². The predicted octanol–water partition coefficient (Wildman–Crippen LogP) is 4.44. The highest BCUT2D eigenvalue weighted by atomic mass is 35.5. The van der Waals surface area contributed by atoms with E-state index in [9.17, 15) is 4.79 Å². The Kier molecular flexibility index (Phi) is 6.24. The van der Waals surface area contributed by atoms with E-state index in [0.29, 0.717) is 34.3 Å². The van der Waals surface area contributed by atoms with E-state index >= 15 is 0 Å². The Bertz CT molecular complexity index is 745. The second kappa shape index (κ2) is 8.44. The van der Waals surface area contributed by atoms with Gasteiger partial charge in [-0.25, -0.2) is 4.68 Å². The standard InChI is InChI=1S/C19H25ClN4OS/c1-13(2)17(26-3)9-18(25)23(11-14-6-7-14)16-12-24(22-19(16)20)15-5-4-8-21-10-15/h4-5,8,10,12-14,17H,6-7,9,11H2,1-3H3. The summed E-state index contributed by atoms with van der Waals surface area (Å²) in [6.07, 6.45) is 10.2. The number of amides is 1. The lowest BCUT2D eigenvalue weighted by Crippen LogP contribution is -2.35. The molecule has 3 rings (SSSR count). The van der Waals surface area contributed by atoms with Gasteiger partial charge in [0.1, 0.15) is 5.69 Å². The van der Waals surface area contributed by atoms with Gasteiger partial charge in [-0.1, -0.05) is 25.4 Å². The van der Waals surface area contributed by atoms with Gasteiger partial charge < -0.3 is 4.90 Å². The lowest BCUT2D eigenvalue weighted by molar-refractivity contribution is -0.118. The highest BCUT2D eigenvalue weighted by Crippen LogP contribution is 2.35. The van der Waals surface area contributed by atoms with Crippen molar-refractivity contribution in [1.82, 2.24) is 14.8 Å². The van der Waals surface area contributed by atoms with Crippen LogP contribution in [0.15, 0.2) is 30.7 Å². The van der Waals surface area contributed by atoms with Crippen LogP contribution in [-0.2, 0) is 4.79 Å². The van der Waals surface area contributed by atoms with E-state index in [2.05, 4.69) is 30.2 Å². The molecule has 2 aromatic heterocycles. The lowest BCUT2D eigenvalue weighted by atomic mass is 10.1. The van der Waals surface area contributed by atoms with Crippen molar-refractivity contribution in [2.24, 2.45) is 11.8 Å². The summed E-state index contributed by atoms with van der Waals surface area (Å²) in [7, 11) is 0. The number of nitrogens with zero attached hydrogens (tertiary/aromatic N) is 4. The van der Waals surface area contributed by atoms with Crippen molar-refractivity contribution in [2.45, 2.75) is 38.4 Å². The highest BCUT2D eigenvalue weighted by Gasteiger charge is 2.31. The number of aromatic nitrogens is 3. The van der Waals surface area contributed by atoms with Crippen LogP contribution in [0.5, 0.6) is 0 Å². The second-order valence-electron chi connectivity index (χ2n) is 7.13. The van der Waals surface area contributed by atoms with E-state index in [1.165, 1.54) is 12.8 Å². The first kappa shape index (κ1) is 19.2. The summed E-state index contributed by atoms with van der Waals surface area (Å²) >= 11 is 8.17. The Labute approximate surface area is 164 Å². The maximum Gasteiger partial charge on any atom is 0.228 e. The molecule has 0 spiro atoms. The molecule has 0 radical (unpaired) electrons. The average Bonchev–Trinajstić information content (AvgIpc) is 3.38. The molecular formula is C19H25ClN4OS. The number of pyridine rings is 1. The minimum atomic E-state index is 0.123. The molecule has 0 N–H and O–H groups in total. The summed E-state index contributed by atoms with van der Waals surface area (Å²) in [5.74, 6) is 1.14. The zero-order valence-corrected chi connectivity index (χ0v) is 17.0. The molecule has 1 saturated carbocycles. The topological polar surface area (TPSA) is 51.0 Å². The molecule has 1 atom stereocenters. The zero-order valence-electron chi connectivity index (χ0n) is 15.4. The van der Waals surface area contributed by atoms with Gasteiger partial charge in [-0.15, -0.1) is 0 Å². The normalized spacial score (nSPS) is 15.3. The van der Waals surface area contributed by atoms with E-state index < -0.39 is 0 Å². The molecule has 26 heavy (non-hydrogen) atoms. The molecule has 0 aliphatic heterocycles. The maximum absolute atomic E-state index is 13.1. The number of hydrogen-bond acceptors (Lipinski definition) is 4. The molecule has 1 aliphatic carbocycles. The first-order valence-corrected chi connectivity index (χ1v) is 10.6. The highest BCUT2D eigenvalue weighted by molar-refractivity contribution is 7.99. The predicted molar refractivity (Wildman–Crippen MR) is 108 cm³/mol. The summed E-state index contributed by atoms with van der Waals surface area (Å²) in [5.41, 5.74) is 1.51. The van der Waals surface area contributed by atoms with Crippen LogP contribution in [0.25, 0.3) is 5.69 Å². The van der Waals surface area contributed by atoms with Gasteiger partial charge in [0, 0.05) is 24.4 Å². The van der Waals surface area contributed by atoms with Crippen molar-refractivity contribution in [2.75, 3.05) is 17.7 Å². The molecule has 1 fully saturated rings. The minimum absolute atomic E-state index is 0.123. The van der Waals surface area contributed by atoms with Gasteiger partial charge in [0.15, 0.2) is 5.15 Å². The van der Waals surface area contributed by atoms with Crippen molar-refractivity contribution in [3.63, 3.8) is 0 Å². The first-order chi connectivity index (χ1) is 12.5. The van der Waals surface area contributed by atoms with E-state index in [-0.39, 0.29) is 5.91 Å². The monoisotopic (exact) mass is 392 g/mol.